The average molecular weight is 485 g/mol. The van der Waals surface area contributed by atoms with Gasteiger partial charge in [-0.15, -0.1) is 0 Å². The molecular formula is C27H22F2N6O. The van der Waals surface area contributed by atoms with Gasteiger partial charge in [0.1, 0.15) is 11.9 Å². The molecule has 5 rings (SSSR count). The summed E-state index contributed by atoms with van der Waals surface area (Å²) in [6.45, 7) is 1.44. The number of piperidine rings is 1. The maximum Gasteiger partial charge on any atom is 0.211 e. The van der Waals surface area contributed by atoms with E-state index in [1.165, 1.54) is 31.4 Å². The number of hydrogen-bond acceptors (Lipinski definition) is 6. The van der Waals surface area contributed by atoms with Crippen molar-refractivity contribution >= 4 is 11.6 Å². The molecule has 0 atom stereocenters. The maximum absolute atomic E-state index is 14.6. The van der Waals surface area contributed by atoms with Crippen LogP contribution in [0, 0.1) is 34.8 Å². The maximum atomic E-state index is 14.6. The van der Waals surface area contributed by atoms with Crippen molar-refractivity contribution in [3.63, 3.8) is 0 Å². The minimum absolute atomic E-state index is 0.0628. The number of halogens is 2. The number of nitriles is 1. The molecule has 1 fully saturated rings. The first-order valence-electron chi connectivity index (χ1n) is 11.4. The van der Waals surface area contributed by atoms with Gasteiger partial charge in [-0.3, -0.25) is 4.40 Å². The van der Waals surface area contributed by atoms with Crippen LogP contribution >= 0.6 is 0 Å². The molecule has 36 heavy (non-hydrogen) atoms. The van der Waals surface area contributed by atoms with Crippen molar-refractivity contribution in [2.45, 2.75) is 18.9 Å². The zero-order valence-corrected chi connectivity index (χ0v) is 19.5. The molecule has 1 aliphatic rings. The van der Waals surface area contributed by atoms with E-state index in [1.54, 1.807) is 24.5 Å². The Morgan fingerprint density at radius 2 is 1.89 bits per heavy atom. The van der Waals surface area contributed by atoms with Crippen molar-refractivity contribution in [3.05, 3.63) is 77.1 Å². The molecule has 180 valence electrons. The number of nitrogens with two attached hydrogens (primary N) is 1. The first kappa shape index (κ1) is 23.3. The number of ether oxygens (including phenoxy) is 1. The number of rotatable bonds is 3. The second kappa shape index (κ2) is 9.65. The second-order valence-corrected chi connectivity index (χ2v) is 8.49. The van der Waals surface area contributed by atoms with Crippen molar-refractivity contribution in [1.29, 1.82) is 5.26 Å². The van der Waals surface area contributed by atoms with Gasteiger partial charge in [0.2, 0.25) is 5.95 Å². The van der Waals surface area contributed by atoms with Crippen molar-refractivity contribution in [2.75, 3.05) is 25.1 Å². The normalized spacial score (nSPS) is 13.8. The number of nitrogens with zero attached hydrogens (tertiary/aromatic N) is 5. The fourth-order valence-electron chi connectivity index (χ4n) is 4.24. The zero-order valence-electron chi connectivity index (χ0n) is 19.5. The van der Waals surface area contributed by atoms with Crippen molar-refractivity contribution < 1.29 is 13.5 Å². The number of methoxy groups -OCH3 is 1. The third-order valence-corrected chi connectivity index (χ3v) is 6.20. The van der Waals surface area contributed by atoms with Crippen LogP contribution < -0.4 is 15.4 Å². The molecule has 0 radical (unpaired) electrons. The quantitative estimate of drug-likeness (QED) is 0.444. The highest BCUT2D eigenvalue weighted by Gasteiger charge is 2.23. The Morgan fingerprint density at radius 3 is 2.58 bits per heavy atom. The largest absolute Gasteiger partial charge is 0.494 e. The highest BCUT2D eigenvalue weighted by Crippen LogP contribution is 2.30. The Hall–Kier alpha value is -4.47. The van der Waals surface area contributed by atoms with E-state index in [9.17, 15) is 8.78 Å². The van der Waals surface area contributed by atoms with E-state index in [4.69, 9.17) is 20.7 Å². The summed E-state index contributed by atoms with van der Waals surface area (Å²) >= 11 is 0. The lowest BCUT2D eigenvalue weighted by Crippen LogP contribution is -2.41. The van der Waals surface area contributed by atoms with Crippen LogP contribution in [-0.2, 0) is 0 Å². The Morgan fingerprint density at radius 1 is 1.08 bits per heavy atom. The molecule has 0 spiro atoms. The molecule has 1 saturated heterocycles. The van der Waals surface area contributed by atoms with E-state index in [-0.39, 0.29) is 17.4 Å². The van der Waals surface area contributed by atoms with E-state index in [0.29, 0.717) is 34.0 Å². The van der Waals surface area contributed by atoms with Gasteiger partial charge in [-0.05, 0) is 43.2 Å². The van der Waals surface area contributed by atoms with Crippen molar-refractivity contribution in [3.8, 4) is 34.9 Å². The molecule has 7 nitrogen and oxygen atoms in total. The number of benzene rings is 2. The van der Waals surface area contributed by atoms with Gasteiger partial charge >= 0.3 is 0 Å². The molecule has 2 aromatic carbocycles. The Bertz CT molecular complexity index is 1550. The lowest BCUT2D eigenvalue weighted by atomic mass is 10.0. The van der Waals surface area contributed by atoms with E-state index in [1.807, 2.05) is 10.5 Å². The minimum atomic E-state index is -0.651. The van der Waals surface area contributed by atoms with Crippen LogP contribution in [0.25, 0.3) is 16.9 Å². The summed E-state index contributed by atoms with van der Waals surface area (Å²) in [6, 6.07) is 10.7. The Kier molecular flexibility index (Phi) is 6.24. The standard InChI is InChI=1S/C27H22F2N6O/c1-36-24-7-3-17(14-23(24)29)2-6-21-25(18-4-5-19(16-30)22(28)15-18)33-27(35-13-10-32-26(21)35)34-11-8-20(31)9-12-34/h3-5,7,10,13-15,20H,8-9,11-12,31H2,1H3. The molecule has 2 aromatic heterocycles. The van der Waals surface area contributed by atoms with E-state index < -0.39 is 11.6 Å². The minimum Gasteiger partial charge on any atom is -0.494 e. The number of aromatic nitrogens is 3. The van der Waals surface area contributed by atoms with Crippen LogP contribution in [0.15, 0.2) is 48.8 Å². The van der Waals surface area contributed by atoms with Crippen LogP contribution in [-0.4, -0.2) is 40.6 Å². The molecule has 3 heterocycles. The molecule has 4 aromatic rings. The Labute approximate surface area is 206 Å². The number of imidazole rings is 1. The van der Waals surface area contributed by atoms with Crippen LogP contribution in [0.1, 0.15) is 29.5 Å². The van der Waals surface area contributed by atoms with E-state index in [2.05, 4.69) is 21.7 Å². The summed E-state index contributed by atoms with van der Waals surface area (Å²) < 4.78 is 35.6. The van der Waals surface area contributed by atoms with Gasteiger partial charge in [-0.2, -0.15) is 5.26 Å². The molecule has 2 N–H and O–H groups in total. The fourth-order valence-corrected chi connectivity index (χ4v) is 4.24. The second-order valence-electron chi connectivity index (χ2n) is 8.49. The fraction of sp³-hybridized carbons (Fsp3) is 0.222. The monoisotopic (exact) mass is 484 g/mol. The Balaban J connectivity index is 1.70. The molecule has 9 heteroatoms. The lowest BCUT2D eigenvalue weighted by molar-refractivity contribution is 0.386. The van der Waals surface area contributed by atoms with Gasteiger partial charge in [0.05, 0.1) is 23.9 Å². The summed E-state index contributed by atoms with van der Waals surface area (Å²) in [7, 11) is 1.39. The molecule has 0 unspecified atom stereocenters. The molecule has 0 aliphatic carbocycles. The summed E-state index contributed by atoms with van der Waals surface area (Å²) in [6.07, 6.45) is 5.09. The van der Waals surface area contributed by atoms with E-state index >= 15 is 0 Å². The summed E-state index contributed by atoms with van der Waals surface area (Å²) in [4.78, 5) is 11.5. The summed E-state index contributed by atoms with van der Waals surface area (Å²) in [5, 5.41) is 9.16. The molecule has 0 saturated carbocycles. The van der Waals surface area contributed by atoms with Gasteiger partial charge < -0.3 is 15.4 Å². The summed E-state index contributed by atoms with van der Waals surface area (Å²) in [5.74, 6) is 5.64. The molecule has 1 aliphatic heterocycles. The predicted molar refractivity (Wildman–Crippen MR) is 131 cm³/mol. The van der Waals surface area contributed by atoms with Crippen LogP contribution in [0.2, 0.25) is 0 Å². The highest BCUT2D eigenvalue weighted by molar-refractivity contribution is 5.78. The van der Waals surface area contributed by atoms with Crippen molar-refractivity contribution in [1.82, 2.24) is 14.4 Å². The van der Waals surface area contributed by atoms with Gasteiger partial charge in [0.15, 0.2) is 17.2 Å². The molecule has 0 amide bonds. The zero-order chi connectivity index (χ0) is 25.2. The highest BCUT2D eigenvalue weighted by atomic mass is 19.1. The van der Waals surface area contributed by atoms with Gasteiger partial charge in [-0.25, -0.2) is 18.7 Å². The lowest BCUT2D eigenvalue weighted by Gasteiger charge is -2.31. The topological polar surface area (TPSA) is 92.5 Å². The summed E-state index contributed by atoms with van der Waals surface area (Å²) in [5.41, 5.74) is 8.33. The number of hydrogen-bond donors (Lipinski definition) is 1. The van der Waals surface area contributed by atoms with E-state index in [0.717, 1.165) is 25.9 Å². The first-order valence-corrected chi connectivity index (χ1v) is 11.4. The average Bonchev–Trinajstić information content (AvgIpc) is 3.38. The number of fused-ring (bicyclic) bond motifs is 1. The predicted octanol–water partition coefficient (Wildman–Crippen LogP) is 3.88. The molecular weight excluding hydrogens is 462 g/mol. The molecule has 0 bridgehead atoms. The van der Waals surface area contributed by atoms with Crippen LogP contribution in [0.3, 0.4) is 0 Å². The third kappa shape index (κ3) is 4.33. The van der Waals surface area contributed by atoms with Crippen LogP contribution in [0.4, 0.5) is 14.7 Å². The van der Waals surface area contributed by atoms with Crippen molar-refractivity contribution in [2.24, 2.45) is 5.73 Å². The van der Waals surface area contributed by atoms with Gasteiger partial charge in [0.25, 0.3) is 0 Å². The van der Waals surface area contributed by atoms with Gasteiger partial charge in [0, 0.05) is 42.7 Å². The SMILES string of the molecule is COc1ccc(C#Cc2c(-c3ccc(C#N)c(F)c3)nc(N3CCC(N)CC3)n3ccnc23)cc1F. The third-order valence-electron chi connectivity index (χ3n) is 6.20. The van der Waals surface area contributed by atoms with Crippen LogP contribution in [0.5, 0.6) is 5.75 Å². The smallest absolute Gasteiger partial charge is 0.211 e. The first-order chi connectivity index (χ1) is 17.5. The number of anilines is 1. The van der Waals surface area contributed by atoms with Gasteiger partial charge in [-0.1, -0.05) is 17.9 Å².